The van der Waals surface area contributed by atoms with E-state index in [1.807, 2.05) is 29.2 Å². The van der Waals surface area contributed by atoms with E-state index in [-0.39, 0.29) is 17.8 Å². The van der Waals surface area contributed by atoms with Crippen LogP contribution in [0.15, 0.2) is 30.3 Å². The summed E-state index contributed by atoms with van der Waals surface area (Å²) in [5, 5.41) is 0. The molecule has 2 N–H and O–H groups in total. The topological polar surface area (TPSA) is 93.8 Å². The number of nitrogen functional groups attached to an aromatic ring is 1. The maximum absolute atomic E-state index is 12.8. The highest BCUT2D eigenvalue weighted by Crippen LogP contribution is 2.27. The Hall–Kier alpha value is -2.87. The van der Waals surface area contributed by atoms with E-state index in [1.165, 1.54) is 0 Å². The molecule has 0 aliphatic carbocycles. The van der Waals surface area contributed by atoms with E-state index in [0.717, 1.165) is 24.5 Å². The Kier molecular flexibility index (Phi) is 5.29. The number of benzene rings is 1. The minimum Gasteiger partial charge on any atom is -0.497 e. The number of hydrogen-bond donors (Lipinski definition) is 1. The Labute approximate surface area is 164 Å². The van der Waals surface area contributed by atoms with Gasteiger partial charge in [0.1, 0.15) is 11.6 Å². The summed E-state index contributed by atoms with van der Waals surface area (Å²) in [7, 11) is 1.60. The third-order valence-corrected chi connectivity index (χ3v) is 5.31. The predicted molar refractivity (Wildman–Crippen MR) is 106 cm³/mol. The minimum atomic E-state index is 0.0181. The fourth-order valence-corrected chi connectivity index (χ4v) is 3.69. The Morgan fingerprint density at radius 2 is 2.04 bits per heavy atom. The van der Waals surface area contributed by atoms with Crippen molar-refractivity contribution in [2.75, 3.05) is 57.1 Å². The van der Waals surface area contributed by atoms with E-state index < -0.39 is 0 Å². The average Bonchev–Trinajstić information content (AvgIpc) is 3.28. The fraction of sp³-hybridized carbons (Fsp3) is 0.450. The molecule has 2 saturated heterocycles. The van der Waals surface area contributed by atoms with Gasteiger partial charge in [0.25, 0.3) is 5.91 Å². The number of carbonyl (C=O) groups excluding carboxylic acids is 1. The summed E-state index contributed by atoms with van der Waals surface area (Å²) in [6, 6.07) is 9.27. The van der Waals surface area contributed by atoms with Crippen LogP contribution in [0.2, 0.25) is 0 Å². The van der Waals surface area contributed by atoms with Gasteiger partial charge < -0.3 is 25.0 Å². The molecule has 0 spiro atoms. The first kappa shape index (κ1) is 18.5. The second-order valence-corrected chi connectivity index (χ2v) is 7.08. The molecule has 8 nitrogen and oxygen atoms in total. The lowest BCUT2D eigenvalue weighted by Crippen LogP contribution is -2.49. The average molecular weight is 383 g/mol. The molecular formula is C20H25N5O3. The smallest absolute Gasteiger partial charge is 0.254 e. The number of amides is 1. The fourth-order valence-electron chi connectivity index (χ4n) is 3.69. The molecule has 0 radical (unpaired) electrons. The molecule has 4 rings (SSSR count). The second-order valence-electron chi connectivity index (χ2n) is 7.08. The summed E-state index contributed by atoms with van der Waals surface area (Å²) in [5.41, 5.74) is 7.53. The van der Waals surface area contributed by atoms with E-state index in [4.69, 9.17) is 15.2 Å². The number of piperazine rings is 1. The van der Waals surface area contributed by atoms with Crippen LogP contribution in [0.1, 0.15) is 28.4 Å². The van der Waals surface area contributed by atoms with E-state index in [2.05, 4.69) is 14.9 Å². The van der Waals surface area contributed by atoms with Crippen LogP contribution in [0.25, 0.3) is 0 Å². The summed E-state index contributed by atoms with van der Waals surface area (Å²) >= 11 is 0. The molecule has 3 heterocycles. The van der Waals surface area contributed by atoms with Gasteiger partial charge >= 0.3 is 0 Å². The van der Waals surface area contributed by atoms with Crippen LogP contribution in [0.4, 0.5) is 11.8 Å². The third kappa shape index (κ3) is 3.87. The van der Waals surface area contributed by atoms with E-state index in [0.29, 0.717) is 44.1 Å². The molecule has 2 aromatic rings. The molecule has 1 aromatic carbocycles. The van der Waals surface area contributed by atoms with Gasteiger partial charge in [-0.1, -0.05) is 6.07 Å². The van der Waals surface area contributed by atoms with Gasteiger partial charge in [-0.3, -0.25) is 4.79 Å². The third-order valence-electron chi connectivity index (χ3n) is 5.31. The highest BCUT2D eigenvalue weighted by molar-refractivity contribution is 5.94. The highest BCUT2D eigenvalue weighted by atomic mass is 16.5. The summed E-state index contributed by atoms with van der Waals surface area (Å²) in [4.78, 5) is 25.6. The Bertz CT molecular complexity index is 845. The van der Waals surface area contributed by atoms with Crippen molar-refractivity contribution in [3.63, 3.8) is 0 Å². The van der Waals surface area contributed by atoms with Crippen LogP contribution < -0.4 is 15.4 Å². The van der Waals surface area contributed by atoms with Crippen LogP contribution >= 0.6 is 0 Å². The number of nitrogens with two attached hydrogens (primary N) is 1. The van der Waals surface area contributed by atoms with E-state index in [1.54, 1.807) is 13.2 Å². The van der Waals surface area contributed by atoms with Crippen molar-refractivity contribution in [2.45, 2.75) is 12.3 Å². The molecule has 0 bridgehead atoms. The maximum atomic E-state index is 12.8. The van der Waals surface area contributed by atoms with Crippen molar-refractivity contribution in [1.29, 1.82) is 0 Å². The number of ether oxygens (including phenoxy) is 2. The van der Waals surface area contributed by atoms with E-state index >= 15 is 0 Å². The van der Waals surface area contributed by atoms with Gasteiger partial charge in [0, 0.05) is 50.3 Å². The number of rotatable bonds is 4. The Morgan fingerprint density at radius 3 is 2.75 bits per heavy atom. The molecule has 2 aliphatic rings. The van der Waals surface area contributed by atoms with Crippen LogP contribution in [0, 0.1) is 0 Å². The summed E-state index contributed by atoms with van der Waals surface area (Å²) in [6.07, 6.45) is 0.957. The highest BCUT2D eigenvalue weighted by Gasteiger charge is 2.25. The number of anilines is 2. The summed E-state index contributed by atoms with van der Waals surface area (Å²) in [6.45, 7) is 4.09. The monoisotopic (exact) mass is 383 g/mol. The molecule has 1 aromatic heterocycles. The lowest BCUT2D eigenvalue weighted by atomic mass is 10.0. The van der Waals surface area contributed by atoms with Gasteiger partial charge in [-0.25, -0.2) is 4.98 Å². The molecule has 1 amide bonds. The molecule has 1 atom stereocenters. The van der Waals surface area contributed by atoms with Crippen LogP contribution in [0.5, 0.6) is 5.75 Å². The lowest BCUT2D eigenvalue weighted by molar-refractivity contribution is 0.0746. The molecule has 2 fully saturated rings. The van der Waals surface area contributed by atoms with Crippen LogP contribution in [-0.2, 0) is 4.74 Å². The zero-order valence-corrected chi connectivity index (χ0v) is 16.0. The van der Waals surface area contributed by atoms with Crippen molar-refractivity contribution in [3.8, 4) is 5.75 Å². The van der Waals surface area contributed by atoms with Gasteiger partial charge in [-0.05, 0) is 24.6 Å². The first-order chi connectivity index (χ1) is 13.6. The SMILES string of the molecule is COc1cccc(C(=O)N2CCN(c3cc(C4CCOC4)nc(N)n3)CC2)c1. The largest absolute Gasteiger partial charge is 0.497 e. The zero-order valence-electron chi connectivity index (χ0n) is 16.0. The molecule has 0 saturated carbocycles. The normalized spacial score (nSPS) is 19.7. The lowest BCUT2D eigenvalue weighted by Gasteiger charge is -2.35. The first-order valence-corrected chi connectivity index (χ1v) is 9.54. The van der Waals surface area contributed by atoms with Gasteiger partial charge in [0.05, 0.1) is 19.4 Å². The van der Waals surface area contributed by atoms with Crippen LogP contribution in [-0.4, -0.2) is 67.3 Å². The van der Waals surface area contributed by atoms with Crippen molar-refractivity contribution < 1.29 is 14.3 Å². The predicted octanol–water partition coefficient (Wildman–Crippen LogP) is 1.53. The van der Waals surface area contributed by atoms with Gasteiger partial charge in [-0.15, -0.1) is 0 Å². The van der Waals surface area contributed by atoms with Crippen molar-refractivity contribution >= 4 is 17.7 Å². The first-order valence-electron chi connectivity index (χ1n) is 9.54. The van der Waals surface area contributed by atoms with E-state index in [9.17, 15) is 4.79 Å². The van der Waals surface area contributed by atoms with Gasteiger partial charge in [0.15, 0.2) is 0 Å². The Balaban J connectivity index is 1.43. The maximum Gasteiger partial charge on any atom is 0.254 e. The number of aromatic nitrogens is 2. The summed E-state index contributed by atoms with van der Waals surface area (Å²) < 4.78 is 10.7. The second kappa shape index (κ2) is 8.02. The van der Waals surface area contributed by atoms with Gasteiger partial charge in [0.2, 0.25) is 5.95 Å². The number of nitrogens with zero attached hydrogens (tertiary/aromatic N) is 4. The summed E-state index contributed by atoms with van der Waals surface area (Å²) in [5.74, 6) is 2.09. The number of methoxy groups -OCH3 is 1. The standard InChI is InChI=1S/C20H25N5O3/c1-27-16-4-2-3-14(11-16)19(26)25-8-6-24(7-9-25)18-12-17(22-20(21)23-18)15-5-10-28-13-15/h2-4,11-12,15H,5-10,13H2,1H3,(H2,21,22,23). The van der Waals surface area contributed by atoms with Crippen molar-refractivity contribution in [3.05, 3.63) is 41.6 Å². The molecule has 1 unspecified atom stereocenters. The quantitative estimate of drug-likeness (QED) is 0.856. The molecule has 148 valence electrons. The molecule has 28 heavy (non-hydrogen) atoms. The molecule has 2 aliphatic heterocycles. The van der Waals surface area contributed by atoms with Crippen LogP contribution in [0.3, 0.4) is 0 Å². The Morgan fingerprint density at radius 1 is 1.21 bits per heavy atom. The minimum absolute atomic E-state index is 0.0181. The van der Waals surface area contributed by atoms with Crippen molar-refractivity contribution in [1.82, 2.24) is 14.9 Å². The zero-order chi connectivity index (χ0) is 19.5. The molecule has 8 heteroatoms. The van der Waals surface area contributed by atoms with Gasteiger partial charge in [-0.2, -0.15) is 4.98 Å². The number of carbonyl (C=O) groups is 1. The number of hydrogen-bond acceptors (Lipinski definition) is 7. The van der Waals surface area contributed by atoms with Crippen molar-refractivity contribution in [2.24, 2.45) is 0 Å². The molecular weight excluding hydrogens is 358 g/mol.